The van der Waals surface area contributed by atoms with E-state index in [1.165, 1.54) is 25.7 Å². The predicted octanol–water partition coefficient (Wildman–Crippen LogP) is 3.61. The molecule has 64 valence electrons. The second kappa shape index (κ2) is 2.50. The van der Waals surface area contributed by atoms with Crippen molar-refractivity contribution in [1.82, 2.24) is 0 Å². The standard InChI is InChI=1S/C11H20/c1-9(2)7-11-5-3-10(8-11)4-6-11/h9-10H,3-8H2,1-2H3/i1D,3D. The molecule has 11 heavy (non-hydrogen) atoms. The van der Waals surface area contributed by atoms with Gasteiger partial charge in [0.2, 0.25) is 0 Å². The summed E-state index contributed by atoms with van der Waals surface area (Å²) in [5.41, 5.74) is 0.498. The van der Waals surface area contributed by atoms with Crippen molar-refractivity contribution in [3.05, 3.63) is 0 Å². The minimum atomic E-state index is 0.228. The van der Waals surface area contributed by atoms with E-state index >= 15 is 0 Å². The SMILES string of the molecule is [2H]CC(C)CC12CCC(C1)C([2H])C2. The zero-order valence-corrected chi connectivity index (χ0v) is 7.47. The molecule has 0 aromatic rings. The maximum Gasteiger partial charge on any atom is 0.0270 e. The van der Waals surface area contributed by atoms with Crippen LogP contribution in [0.2, 0.25) is 0 Å². The molecule has 2 bridgehead atoms. The van der Waals surface area contributed by atoms with E-state index in [0.717, 1.165) is 6.42 Å². The van der Waals surface area contributed by atoms with Crippen molar-refractivity contribution in [2.24, 2.45) is 17.3 Å². The quantitative estimate of drug-likeness (QED) is 0.570. The largest absolute Gasteiger partial charge is 0.0628 e. The maximum absolute atomic E-state index is 7.90. The summed E-state index contributed by atoms with van der Waals surface area (Å²) in [7, 11) is 0. The zero-order chi connectivity index (χ0) is 9.47. The zero-order valence-electron chi connectivity index (χ0n) is 9.47. The Morgan fingerprint density at radius 1 is 1.73 bits per heavy atom. The fourth-order valence-corrected chi connectivity index (χ4v) is 3.06. The van der Waals surface area contributed by atoms with Gasteiger partial charge in [0.1, 0.15) is 0 Å². The molecule has 0 aromatic heterocycles. The van der Waals surface area contributed by atoms with Crippen LogP contribution < -0.4 is 0 Å². The van der Waals surface area contributed by atoms with Crippen LogP contribution in [0, 0.1) is 17.3 Å². The van der Waals surface area contributed by atoms with Crippen LogP contribution in [0.25, 0.3) is 0 Å². The first-order chi connectivity index (χ1) is 6.15. The lowest BCUT2D eigenvalue weighted by Crippen LogP contribution is -2.16. The average Bonchev–Trinajstić information content (AvgIpc) is 2.60. The topological polar surface area (TPSA) is 0 Å². The summed E-state index contributed by atoms with van der Waals surface area (Å²) in [6, 6.07) is 0. The lowest BCUT2D eigenvalue weighted by molar-refractivity contribution is 0.235. The molecule has 2 fully saturated rings. The predicted molar refractivity (Wildman–Crippen MR) is 48.5 cm³/mol. The van der Waals surface area contributed by atoms with Crippen LogP contribution >= 0.6 is 0 Å². The van der Waals surface area contributed by atoms with Gasteiger partial charge in [-0.2, -0.15) is 0 Å². The molecule has 0 aliphatic heterocycles. The van der Waals surface area contributed by atoms with Gasteiger partial charge in [0.15, 0.2) is 0 Å². The van der Waals surface area contributed by atoms with Crippen LogP contribution in [-0.2, 0) is 0 Å². The Morgan fingerprint density at radius 3 is 3.18 bits per heavy atom. The number of rotatable bonds is 2. The molecule has 0 amide bonds. The van der Waals surface area contributed by atoms with Crippen molar-refractivity contribution in [3.63, 3.8) is 0 Å². The van der Waals surface area contributed by atoms with Gasteiger partial charge in [-0.1, -0.05) is 13.8 Å². The van der Waals surface area contributed by atoms with Crippen molar-refractivity contribution in [1.29, 1.82) is 0 Å². The molecule has 4 unspecified atom stereocenters. The fourth-order valence-electron chi connectivity index (χ4n) is 3.06. The Balaban J connectivity index is 1.98. The van der Waals surface area contributed by atoms with Gasteiger partial charge in [0, 0.05) is 2.74 Å². The van der Waals surface area contributed by atoms with Gasteiger partial charge in [-0.3, -0.25) is 0 Å². The Hall–Kier alpha value is 0. The van der Waals surface area contributed by atoms with Crippen LogP contribution in [-0.4, -0.2) is 0 Å². The van der Waals surface area contributed by atoms with E-state index in [1.807, 2.05) is 0 Å². The van der Waals surface area contributed by atoms with Gasteiger partial charge < -0.3 is 0 Å². The second-order valence-electron chi connectivity index (χ2n) is 4.75. The highest BCUT2D eigenvalue weighted by molar-refractivity contribution is 4.95. The Labute approximate surface area is 73.2 Å². The molecule has 0 radical (unpaired) electrons. The van der Waals surface area contributed by atoms with Gasteiger partial charge in [0.25, 0.3) is 0 Å². The molecule has 0 nitrogen and oxygen atoms in total. The van der Waals surface area contributed by atoms with Crippen LogP contribution in [0.4, 0.5) is 0 Å². The summed E-state index contributed by atoms with van der Waals surface area (Å²) in [6.07, 6.45) is 6.50. The highest BCUT2D eigenvalue weighted by Gasteiger charge is 2.44. The smallest absolute Gasteiger partial charge is 0.0270 e. The molecule has 0 heterocycles. The summed E-state index contributed by atoms with van der Waals surface area (Å²) < 4.78 is 15.3. The monoisotopic (exact) mass is 154 g/mol. The summed E-state index contributed by atoms with van der Waals surface area (Å²) in [4.78, 5) is 0. The summed E-state index contributed by atoms with van der Waals surface area (Å²) >= 11 is 0. The molecule has 0 saturated heterocycles. The molecule has 0 spiro atoms. The first-order valence-electron chi connectivity index (χ1n) is 6.15. The summed E-state index contributed by atoms with van der Waals surface area (Å²) in [5, 5.41) is 0. The van der Waals surface area contributed by atoms with E-state index < -0.39 is 0 Å². The number of hydrogen-bond acceptors (Lipinski definition) is 0. The number of fused-ring (bicyclic) bond motifs is 2. The van der Waals surface area contributed by atoms with E-state index in [1.54, 1.807) is 0 Å². The third-order valence-corrected chi connectivity index (χ3v) is 3.41. The molecule has 0 heteroatoms. The Morgan fingerprint density at radius 2 is 2.64 bits per heavy atom. The Kier molecular flexibility index (Phi) is 1.28. The van der Waals surface area contributed by atoms with E-state index in [9.17, 15) is 0 Å². The third-order valence-electron chi connectivity index (χ3n) is 3.41. The summed E-state index contributed by atoms with van der Waals surface area (Å²) in [5.74, 6) is 1.25. The minimum absolute atomic E-state index is 0.228. The molecule has 0 N–H and O–H groups in total. The summed E-state index contributed by atoms with van der Waals surface area (Å²) in [6.45, 7) is 2.75. The van der Waals surface area contributed by atoms with Gasteiger partial charge in [-0.15, -0.1) is 0 Å². The first kappa shape index (κ1) is 5.61. The molecule has 2 rings (SSSR count). The lowest BCUT2D eigenvalue weighted by atomic mass is 9.77. The van der Waals surface area contributed by atoms with Gasteiger partial charge in [-0.25, -0.2) is 0 Å². The molecule has 0 aromatic carbocycles. The van der Waals surface area contributed by atoms with Crippen molar-refractivity contribution in [2.75, 3.05) is 0 Å². The van der Waals surface area contributed by atoms with E-state index in [2.05, 4.69) is 6.92 Å². The maximum atomic E-state index is 7.90. The normalized spacial score (nSPS) is 53.9. The highest BCUT2D eigenvalue weighted by atomic mass is 14.5. The van der Waals surface area contributed by atoms with Gasteiger partial charge in [0.05, 0.1) is 0 Å². The van der Waals surface area contributed by atoms with Crippen LogP contribution in [0.15, 0.2) is 0 Å². The first-order valence-corrected chi connectivity index (χ1v) is 4.87. The molecular formula is C11H20. The van der Waals surface area contributed by atoms with Crippen molar-refractivity contribution in [2.45, 2.75) is 52.3 Å². The van der Waals surface area contributed by atoms with Crippen molar-refractivity contribution >= 4 is 0 Å². The second-order valence-corrected chi connectivity index (χ2v) is 4.75. The lowest BCUT2D eigenvalue weighted by Gasteiger charge is -2.28. The fraction of sp³-hybridized carbons (Fsp3) is 1.00. The van der Waals surface area contributed by atoms with Crippen LogP contribution in [0.1, 0.15) is 55.1 Å². The van der Waals surface area contributed by atoms with Crippen molar-refractivity contribution in [3.8, 4) is 0 Å². The molecule has 2 saturated carbocycles. The van der Waals surface area contributed by atoms with E-state index in [0.29, 0.717) is 24.2 Å². The molecular weight excluding hydrogens is 132 g/mol. The highest BCUT2D eigenvalue weighted by Crippen LogP contribution is 2.56. The van der Waals surface area contributed by atoms with Gasteiger partial charge in [-0.05, 0) is 55.8 Å². The Bertz CT molecular complexity index is 189. The molecule has 2 aliphatic rings. The average molecular weight is 154 g/mol. The van der Waals surface area contributed by atoms with E-state index in [4.69, 9.17) is 2.74 Å². The molecule has 4 atom stereocenters. The van der Waals surface area contributed by atoms with Crippen LogP contribution in [0.5, 0.6) is 0 Å². The van der Waals surface area contributed by atoms with Crippen LogP contribution in [0.3, 0.4) is 0 Å². The van der Waals surface area contributed by atoms with Gasteiger partial charge >= 0.3 is 0 Å². The minimum Gasteiger partial charge on any atom is -0.0628 e. The number of hydrogen-bond donors (Lipinski definition) is 0. The molecule has 2 aliphatic carbocycles. The van der Waals surface area contributed by atoms with E-state index in [-0.39, 0.29) is 6.40 Å². The third kappa shape index (κ3) is 1.32. The van der Waals surface area contributed by atoms with Crippen molar-refractivity contribution < 1.29 is 2.74 Å².